The average molecular weight is 232 g/mol. The summed E-state index contributed by atoms with van der Waals surface area (Å²) in [7, 11) is 0. The summed E-state index contributed by atoms with van der Waals surface area (Å²) < 4.78 is 0. The summed E-state index contributed by atoms with van der Waals surface area (Å²) in [5.41, 5.74) is 0. The van der Waals surface area contributed by atoms with E-state index in [1.807, 2.05) is 0 Å². The zero-order chi connectivity index (χ0) is 9.84. The Balaban J connectivity index is 0. The molecule has 1 rings (SSSR count). The van der Waals surface area contributed by atoms with Gasteiger partial charge in [-0.3, -0.25) is 9.59 Å². The fourth-order valence-electron chi connectivity index (χ4n) is 1.98. The normalized spacial score (nSPS) is 16.3. The zero-order valence-electron chi connectivity index (χ0n) is 9.40. The minimum atomic E-state index is -1.19. The second-order valence-electron chi connectivity index (χ2n) is 3.55. The Kier molecular flexibility index (Phi) is 11.4. The molecule has 0 aromatic heterocycles. The van der Waals surface area contributed by atoms with E-state index in [4.69, 9.17) is 10.2 Å². The molecule has 6 heteroatoms. The van der Waals surface area contributed by atoms with Crippen LogP contribution >= 0.6 is 0 Å². The SMILES string of the molecule is O=C(O)C(C(=O)O)C1CCCCC1.[K].[Li]. The van der Waals surface area contributed by atoms with Crippen molar-refractivity contribution in [3.8, 4) is 0 Å². The summed E-state index contributed by atoms with van der Waals surface area (Å²) in [6.45, 7) is 0. The van der Waals surface area contributed by atoms with E-state index < -0.39 is 17.9 Å². The van der Waals surface area contributed by atoms with Gasteiger partial charge in [-0.15, -0.1) is 0 Å². The van der Waals surface area contributed by atoms with Gasteiger partial charge in [0.2, 0.25) is 0 Å². The molecule has 2 N–H and O–H groups in total. The van der Waals surface area contributed by atoms with Gasteiger partial charge in [-0.05, 0) is 18.8 Å². The molecule has 15 heavy (non-hydrogen) atoms. The van der Waals surface area contributed by atoms with Crippen LogP contribution in [-0.4, -0.2) is 92.4 Å². The van der Waals surface area contributed by atoms with Gasteiger partial charge in [0, 0.05) is 70.2 Å². The van der Waals surface area contributed by atoms with Gasteiger partial charge in [0.25, 0.3) is 0 Å². The monoisotopic (exact) mass is 232 g/mol. The van der Waals surface area contributed by atoms with Gasteiger partial charge < -0.3 is 10.2 Å². The van der Waals surface area contributed by atoms with Crippen LogP contribution in [0.1, 0.15) is 32.1 Å². The van der Waals surface area contributed by atoms with Crippen molar-refractivity contribution in [3.05, 3.63) is 0 Å². The Hall–Kier alpha value is 1.17. The fourth-order valence-corrected chi connectivity index (χ4v) is 1.98. The van der Waals surface area contributed by atoms with E-state index in [0.717, 1.165) is 32.1 Å². The molecule has 0 heterocycles. The summed E-state index contributed by atoms with van der Waals surface area (Å²) >= 11 is 0. The number of carboxylic acid groups (broad SMARTS) is 2. The smallest absolute Gasteiger partial charge is 0.318 e. The van der Waals surface area contributed by atoms with Crippen LogP contribution in [0, 0.1) is 11.8 Å². The van der Waals surface area contributed by atoms with Crippen LogP contribution in [0.3, 0.4) is 0 Å². The predicted octanol–water partition coefficient (Wildman–Crippen LogP) is 0.590. The van der Waals surface area contributed by atoms with Crippen LogP contribution in [0.2, 0.25) is 0 Å². The Labute approximate surface area is 144 Å². The average Bonchev–Trinajstić information content (AvgIpc) is 2.04. The number of aliphatic carboxylic acids is 2. The fraction of sp³-hybridized carbons (Fsp3) is 0.778. The molecule has 0 bridgehead atoms. The standard InChI is InChI=1S/C9H14O4.K.Li/c10-8(11)7(9(12)13)6-4-2-1-3-5-6;;/h6-7H,1-5H2,(H,10,11)(H,12,13);;. The summed E-state index contributed by atoms with van der Waals surface area (Å²) in [4.78, 5) is 21.3. The first-order valence-electron chi connectivity index (χ1n) is 4.58. The summed E-state index contributed by atoms with van der Waals surface area (Å²) in [6.07, 6.45) is 4.50. The minimum absolute atomic E-state index is 0. The molecule has 0 aromatic rings. The maximum atomic E-state index is 10.7. The summed E-state index contributed by atoms with van der Waals surface area (Å²) in [5, 5.41) is 17.4. The molecule has 1 aliphatic carbocycles. The van der Waals surface area contributed by atoms with E-state index in [1.54, 1.807) is 0 Å². The van der Waals surface area contributed by atoms with Crippen molar-refractivity contribution in [1.82, 2.24) is 0 Å². The van der Waals surface area contributed by atoms with Crippen LogP contribution in [-0.2, 0) is 9.59 Å². The zero-order valence-corrected chi connectivity index (χ0v) is 12.5. The van der Waals surface area contributed by atoms with Crippen LogP contribution in [0.15, 0.2) is 0 Å². The molecule has 1 saturated carbocycles. The number of hydrogen-bond acceptors (Lipinski definition) is 2. The van der Waals surface area contributed by atoms with Gasteiger partial charge in [0.15, 0.2) is 5.92 Å². The maximum Gasteiger partial charge on any atom is 0.318 e. The van der Waals surface area contributed by atoms with Crippen LogP contribution in [0.4, 0.5) is 0 Å². The van der Waals surface area contributed by atoms with Crippen LogP contribution in [0.25, 0.3) is 0 Å². The van der Waals surface area contributed by atoms with Crippen molar-refractivity contribution in [2.75, 3.05) is 0 Å². The number of rotatable bonds is 3. The molecule has 1 fully saturated rings. The molecule has 0 saturated heterocycles. The van der Waals surface area contributed by atoms with Crippen molar-refractivity contribution < 1.29 is 19.8 Å². The van der Waals surface area contributed by atoms with E-state index in [-0.39, 0.29) is 76.2 Å². The molecule has 4 nitrogen and oxygen atoms in total. The Morgan fingerprint density at radius 1 is 1.00 bits per heavy atom. The molecule has 0 aromatic carbocycles. The van der Waals surface area contributed by atoms with Crippen molar-refractivity contribution in [1.29, 1.82) is 0 Å². The predicted molar refractivity (Wildman–Crippen MR) is 56.8 cm³/mol. The van der Waals surface area contributed by atoms with E-state index in [2.05, 4.69) is 0 Å². The van der Waals surface area contributed by atoms with Crippen molar-refractivity contribution >= 4 is 82.2 Å². The van der Waals surface area contributed by atoms with Crippen molar-refractivity contribution in [2.24, 2.45) is 11.8 Å². The van der Waals surface area contributed by atoms with Crippen LogP contribution < -0.4 is 0 Å². The molecular formula is C9H14KLiO4. The summed E-state index contributed by atoms with van der Waals surface area (Å²) in [5.74, 6) is -3.75. The first-order chi connectivity index (χ1) is 6.13. The number of carbonyl (C=O) groups is 2. The topological polar surface area (TPSA) is 74.6 Å². The minimum Gasteiger partial charge on any atom is -0.481 e. The largest absolute Gasteiger partial charge is 0.481 e. The van der Waals surface area contributed by atoms with E-state index >= 15 is 0 Å². The second kappa shape index (κ2) is 9.23. The Morgan fingerprint density at radius 2 is 1.40 bits per heavy atom. The van der Waals surface area contributed by atoms with E-state index in [1.165, 1.54) is 0 Å². The molecule has 0 spiro atoms. The molecule has 0 atom stereocenters. The third-order valence-corrected chi connectivity index (χ3v) is 2.65. The molecule has 2 radical (unpaired) electrons. The molecule has 0 unspecified atom stereocenters. The molecule has 0 amide bonds. The van der Waals surface area contributed by atoms with Gasteiger partial charge in [-0.1, -0.05) is 19.3 Å². The van der Waals surface area contributed by atoms with E-state index in [0.29, 0.717) is 0 Å². The Morgan fingerprint density at radius 3 is 1.73 bits per heavy atom. The quantitative estimate of drug-likeness (QED) is 0.551. The van der Waals surface area contributed by atoms with Gasteiger partial charge >= 0.3 is 11.9 Å². The first kappa shape index (κ1) is 18.5. The second-order valence-corrected chi connectivity index (χ2v) is 3.55. The molecule has 1 aliphatic rings. The van der Waals surface area contributed by atoms with Gasteiger partial charge in [0.05, 0.1) is 0 Å². The maximum absolute atomic E-state index is 10.7. The summed E-state index contributed by atoms with van der Waals surface area (Å²) in [6, 6.07) is 0. The molecule has 0 aliphatic heterocycles. The number of hydrogen-bond donors (Lipinski definition) is 2. The van der Waals surface area contributed by atoms with Gasteiger partial charge in [0.1, 0.15) is 0 Å². The third kappa shape index (κ3) is 5.87. The van der Waals surface area contributed by atoms with Gasteiger partial charge in [-0.2, -0.15) is 0 Å². The molecule has 76 valence electrons. The van der Waals surface area contributed by atoms with E-state index in [9.17, 15) is 9.59 Å². The molecular weight excluding hydrogens is 218 g/mol. The van der Waals surface area contributed by atoms with Crippen molar-refractivity contribution in [2.45, 2.75) is 32.1 Å². The third-order valence-electron chi connectivity index (χ3n) is 2.65. The van der Waals surface area contributed by atoms with Crippen LogP contribution in [0.5, 0.6) is 0 Å². The first-order valence-corrected chi connectivity index (χ1v) is 4.58. The van der Waals surface area contributed by atoms with Gasteiger partial charge in [-0.25, -0.2) is 0 Å². The number of carboxylic acids is 2. The Bertz CT molecular complexity index is 202. The van der Waals surface area contributed by atoms with Crippen molar-refractivity contribution in [3.63, 3.8) is 0 Å².